The molecule has 0 radical (unpaired) electrons. The van der Waals surface area contributed by atoms with Crippen molar-refractivity contribution in [2.24, 2.45) is 0 Å². The Bertz CT molecular complexity index is 1280. The second kappa shape index (κ2) is 6.32. The molecule has 5 rings (SSSR count). The van der Waals surface area contributed by atoms with Gasteiger partial charge in [0.25, 0.3) is 5.56 Å². The summed E-state index contributed by atoms with van der Waals surface area (Å²) in [4.78, 5) is 29.1. The Morgan fingerprint density at radius 2 is 2.03 bits per heavy atom. The Morgan fingerprint density at radius 3 is 2.76 bits per heavy atom. The van der Waals surface area contributed by atoms with Gasteiger partial charge in [-0.1, -0.05) is 6.92 Å². The highest BCUT2D eigenvalue weighted by Gasteiger charge is 2.31. The number of hydrogen-bond donors (Lipinski definition) is 1. The van der Waals surface area contributed by atoms with E-state index in [9.17, 15) is 19.1 Å². The van der Waals surface area contributed by atoms with Gasteiger partial charge in [-0.05, 0) is 60.9 Å². The number of benzene rings is 1. The zero-order valence-corrected chi connectivity index (χ0v) is 16.4. The third-order valence-electron chi connectivity index (χ3n) is 6.46. The number of halogens is 1. The first-order valence-electron chi connectivity index (χ1n) is 10.00. The quantitative estimate of drug-likeness (QED) is 0.544. The van der Waals surface area contributed by atoms with Crippen LogP contribution >= 0.6 is 0 Å². The zero-order chi connectivity index (χ0) is 20.4. The maximum absolute atomic E-state index is 14.5. The molecule has 5 nitrogen and oxygen atoms in total. The van der Waals surface area contributed by atoms with Gasteiger partial charge < -0.3 is 14.5 Å². The molecule has 1 aromatic carbocycles. The third kappa shape index (κ3) is 2.38. The van der Waals surface area contributed by atoms with Gasteiger partial charge in [0.05, 0.1) is 23.4 Å². The van der Waals surface area contributed by atoms with Gasteiger partial charge in [-0.15, -0.1) is 0 Å². The second-order valence-electron chi connectivity index (χ2n) is 7.92. The van der Waals surface area contributed by atoms with E-state index < -0.39 is 6.10 Å². The Morgan fingerprint density at radius 1 is 1.28 bits per heavy atom. The Balaban J connectivity index is 1.86. The number of pyridine rings is 2. The van der Waals surface area contributed by atoms with Gasteiger partial charge in [-0.2, -0.15) is 0 Å². The van der Waals surface area contributed by atoms with Crippen LogP contribution in [-0.4, -0.2) is 20.9 Å². The number of carbonyl (C=O) groups excluding carboxylic acids is 1. The molecule has 1 N–H and O–H groups in total. The van der Waals surface area contributed by atoms with Crippen LogP contribution in [-0.2, 0) is 30.6 Å². The van der Waals surface area contributed by atoms with Crippen molar-refractivity contribution < 1.29 is 14.3 Å². The Labute approximate surface area is 166 Å². The van der Waals surface area contributed by atoms with Crippen molar-refractivity contribution >= 4 is 17.2 Å². The number of aliphatic hydroxyl groups excluding tert-OH is 1. The molecule has 0 saturated heterocycles. The lowest BCUT2D eigenvalue weighted by Gasteiger charge is -2.21. The van der Waals surface area contributed by atoms with E-state index in [2.05, 4.69) is 0 Å². The molecule has 1 aliphatic carbocycles. The van der Waals surface area contributed by atoms with Gasteiger partial charge >= 0.3 is 0 Å². The predicted molar refractivity (Wildman–Crippen MR) is 108 cm³/mol. The van der Waals surface area contributed by atoms with Crippen molar-refractivity contribution in [3.8, 4) is 11.4 Å². The minimum Gasteiger partial charge on any atom is -0.381 e. The van der Waals surface area contributed by atoms with Gasteiger partial charge in [0.2, 0.25) is 0 Å². The van der Waals surface area contributed by atoms with Crippen LogP contribution in [0.3, 0.4) is 0 Å². The van der Waals surface area contributed by atoms with Crippen molar-refractivity contribution in [1.82, 2.24) is 9.55 Å². The highest BCUT2D eigenvalue weighted by Crippen LogP contribution is 2.41. The van der Waals surface area contributed by atoms with Crippen molar-refractivity contribution in [2.45, 2.75) is 52.2 Å². The van der Waals surface area contributed by atoms with E-state index in [0.717, 1.165) is 41.3 Å². The van der Waals surface area contributed by atoms with E-state index in [4.69, 9.17) is 4.98 Å². The monoisotopic (exact) mass is 392 g/mol. The number of carbonyl (C=O) groups is 1. The van der Waals surface area contributed by atoms with Crippen LogP contribution in [0.1, 0.15) is 52.8 Å². The number of aldehydes is 1. The fraction of sp³-hybridized carbons (Fsp3) is 0.348. The molecule has 1 aliphatic heterocycles. The topological polar surface area (TPSA) is 72.2 Å². The summed E-state index contributed by atoms with van der Waals surface area (Å²) in [5.41, 5.74) is 6.27. The first-order chi connectivity index (χ1) is 14.0. The number of aromatic nitrogens is 2. The van der Waals surface area contributed by atoms with E-state index in [1.807, 2.05) is 13.8 Å². The summed E-state index contributed by atoms with van der Waals surface area (Å²) >= 11 is 0. The van der Waals surface area contributed by atoms with Crippen LogP contribution < -0.4 is 5.56 Å². The van der Waals surface area contributed by atoms with E-state index in [1.165, 1.54) is 6.07 Å². The van der Waals surface area contributed by atoms with Crippen molar-refractivity contribution in [3.63, 3.8) is 0 Å². The highest BCUT2D eigenvalue weighted by molar-refractivity contribution is 5.92. The van der Waals surface area contributed by atoms with Crippen LogP contribution in [0.5, 0.6) is 0 Å². The maximum atomic E-state index is 14.5. The fourth-order valence-electron chi connectivity index (χ4n) is 5.02. The second-order valence-corrected chi connectivity index (χ2v) is 7.92. The molecule has 0 amide bonds. The molecule has 2 aromatic heterocycles. The lowest BCUT2D eigenvalue weighted by atomic mass is 9.85. The standard InChI is InChI=1S/C23H21FN2O3/c1-3-12-15(20(28)10-27)7-19-22-16(9-26(19)23(12)29)14-6-4-5-13-11(2)17(24)8-18(25-22)21(13)14/h7-8,10,20,28H,3-6,9H2,1-2H3. The number of hydrogen-bond acceptors (Lipinski definition) is 4. The molecular formula is C23H21FN2O3. The van der Waals surface area contributed by atoms with Crippen LogP contribution in [0.15, 0.2) is 16.9 Å². The average molecular weight is 392 g/mol. The number of aliphatic hydroxyl groups is 1. The molecule has 1 unspecified atom stereocenters. The van der Waals surface area contributed by atoms with Crippen molar-refractivity contribution in [2.75, 3.05) is 0 Å². The summed E-state index contributed by atoms with van der Waals surface area (Å²) in [6.45, 7) is 4.06. The van der Waals surface area contributed by atoms with Gasteiger partial charge in [0.15, 0.2) is 6.29 Å². The minimum absolute atomic E-state index is 0.200. The molecular weight excluding hydrogens is 371 g/mol. The summed E-state index contributed by atoms with van der Waals surface area (Å²) in [6, 6.07) is 3.18. The lowest BCUT2D eigenvalue weighted by Crippen LogP contribution is -2.25. The molecule has 2 aliphatic rings. The van der Waals surface area contributed by atoms with Gasteiger partial charge in [0, 0.05) is 22.6 Å². The van der Waals surface area contributed by atoms with Crippen LogP contribution in [0.25, 0.3) is 22.3 Å². The molecule has 6 heteroatoms. The highest BCUT2D eigenvalue weighted by atomic mass is 19.1. The molecule has 148 valence electrons. The van der Waals surface area contributed by atoms with Crippen LogP contribution in [0, 0.1) is 12.7 Å². The first-order valence-corrected chi connectivity index (χ1v) is 10.00. The maximum Gasteiger partial charge on any atom is 0.254 e. The summed E-state index contributed by atoms with van der Waals surface area (Å²) < 4.78 is 16.2. The van der Waals surface area contributed by atoms with E-state index in [0.29, 0.717) is 52.8 Å². The van der Waals surface area contributed by atoms with Crippen molar-refractivity contribution in [1.29, 1.82) is 0 Å². The fourth-order valence-corrected chi connectivity index (χ4v) is 5.02. The van der Waals surface area contributed by atoms with Gasteiger partial charge in [-0.25, -0.2) is 9.37 Å². The van der Waals surface area contributed by atoms with Crippen LogP contribution in [0.2, 0.25) is 0 Å². The predicted octanol–water partition coefficient (Wildman–Crippen LogP) is 3.16. The van der Waals surface area contributed by atoms with Crippen molar-refractivity contribution in [3.05, 3.63) is 61.7 Å². The Kier molecular flexibility index (Phi) is 3.96. The average Bonchev–Trinajstić information content (AvgIpc) is 3.10. The largest absolute Gasteiger partial charge is 0.381 e. The molecule has 0 saturated carbocycles. The molecule has 3 aromatic rings. The van der Waals surface area contributed by atoms with E-state index >= 15 is 0 Å². The van der Waals surface area contributed by atoms with Crippen LogP contribution in [0.4, 0.5) is 4.39 Å². The number of nitrogens with zero attached hydrogens (tertiary/aromatic N) is 2. The molecule has 3 heterocycles. The number of fused-ring (bicyclic) bond motifs is 4. The SMILES string of the molecule is CCc1c(C(O)C=O)cc2n(c1=O)Cc1c-2nc2cc(F)c(C)c3c2c1CCC3. The normalized spacial score (nSPS) is 15.3. The number of aryl methyl sites for hydroxylation is 2. The summed E-state index contributed by atoms with van der Waals surface area (Å²) in [7, 11) is 0. The molecule has 0 bridgehead atoms. The smallest absolute Gasteiger partial charge is 0.254 e. The molecule has 1 atom stereocenters. The third-order valence-corrected chi connectivity index (χ3v) is 6.46. The summed E-state index contributed by atoms with van der Waals surface area (Å²) in [5.74, 6) is -0.262. The van der Waals surface area contributed by atoms with Gasteiger partial charge in [0.1, 0.15) is 11.9 Å². The summed E-state index contributed by atoms with van der Waals surface area (Å²) in [6.07, 6.45) is 2.14. The summed E-state index contributed by atoms with van der Waals surface area (Å²) in [5, 5.41) is 11.2. The van der Waals surface area contributed by atoms with E-state index in [-0.39, 0.29) is 11.4 Å². The molecule has 0 fully saturated rings. The molecule has 0 spiro atoms. The first kappa shape index (κ1) is 18.2. The lowest BCUT2D eigenvalue weighted by molar-refractivity contribution is -0.115. The van der Waals surface area contributed by atoms with E-state index in [1.54, 1.807) is 10.6 Å². The zero-order valence-electron chi connectivity index (χ0n) is 16.4. The Hall–Kier alpha value is -2.86. The molecule has 29 heavy (non-hydrogen) atoms. The number of rotatable bonds is 3. The minimum atomic E-state index is -1.35. The van der Waals surface area contributed by atoms with Gasteiger partial charge in [-0.3, -0.25) is 4.79 Å².